The van der Waals surface area contributed by atoms with Gasteiger partial charge in [0.15, 0.2) is 7.85 Å². The number of likely N-dealkylation sites (N-methyl/N-ethyl adjacent to an activating group) is 1. The summed E-state index contributed by atoms with van der Waals surface area (Å²) in [7, 11) is 2.83. The van der Waals surface area contributed by atoms with Crippen LogP contribution in [0.2, 0.25) is 0 Å². The van der Waals surface area contributed by atoms with E-state index >= 15 is 0 Å². The topological polar surface area (TPSA) is 108 Å². The lowest BCUT2D eigenvalue weighted by molar-refractivity contribution is -0.131. The molecule has 0 bridgehead atoms. The maximum atomic E-state index is 14.7. The predicted molar refractivity (Wildman–Crippen MR) is 135 cm³/mol. The zero-order valence-corrected chi connectivity index (χ0v) is 21.0. The third kappa shape index (κ3) is 5.53. The second kappa shape index (κ2) is 11.4. The molecule has 2 heterocycles. The number of amides is 2. The van der Waals surface area contributed by atoms with Crippen LogP contribution in [0.1, 0.15) is 39.9 Å². The third-order valence-electron chi connectivity index (χ3n) is 6.84. The highest BCUT2D eigenvalue weighted by molar-refractivity contribution is 6.21. The molecule has 0 saturated carbocycles. The number of fused-ring (bicyclic) bond motifs is 1. The molecule has 2 atom stereocenters. The van der Waals surface area contributed by atoms with Crippen molar-refractivity contribution in [3.63, 3.8) is 0 Å². The van der Waals surface area contributed by atoms with Crippen molar-refractivity contribution in [3.05, 3.63) is 64.5 Å². The molecule has 0 radical (unpaired) electrons. The molecule has 0 aliphatic carbocycles. The minimum absolute atomic E-state index is 0.0394. The summed E-state index contributed by atoms with van der Waals surface area (Å²) in [6, 6.07) is 8.60. The summed E-state index contributed by atoms with van der Waals surface area (Å²) in [5.41, 5.74) is -0.218. The van der Waals surface area contributed by atoms with E-state index in [-0.39, 0.29) is 36.3 Å². The van der Waals surface area contributed by atoms with Crippen molar-refractivity contribution in [2.24, 2.45) is 0 Å². The van der Waals surface area contributed by atoms with Crippen LogP contribution in [0.3, 0.4) is 0 Å². The molecule has 37 heavy (non-hydrogen) atoms. The number of hydrogen-bond acceptors (Lipinski definition) is 7. The number of nitrogens with one attached hydrogen (secondary N) is 1. The molecule has 11 heteroatoms. The van der Waals surface area contributed by atoms with Crippen LogP contribution in [-0.2, 0) is 33.1 Å². The number of benzene rings is 2. The predicted octanol–water partition coefficient (Wildman–Crippen LogP) is 0.522. The molecule has 1 fully saturated rings. The second-order valence-electron chi connectivity index (χ2n) is 9.35. The highest BCUT2D eigenvalue weighted by atomic mass is 19.1. The van der Waals surface area contributed by atoms with Crippen LogP contribution in [-0.4, -0.2) is 80.2 Å². The SMILES string of the molecule is BC1(O)c2c(OCc3cc(CN4CCOCC4)ccc3F)cccc2C(=O)N1C(CCC=O)C(=O)NC. The van der Waals surface area contributed by atoms with E-state index in [9.17, 15) is 23.9 Å². The van der Waals surface area contributed by atoms with E-state index in [0.29, 0.717) is 31.6 Å². The first-order chi connectivity index (χ1) is 17.8. The fourth-order valence-electron chi connectivity index (χ4n) is 4.99. The number of aldehydes is 1. The molecule has 4 rings (SSSR count). The number of nitrogens with zero attached hydrogens (tertiary/aromatic N) is 2. The number of carbonyl (C=O) groups excluding carboxylic acids is 3. The number of halogens is 1. The number of hydrogen-bond donors (Lipinski definition) is 2. The molecule has 9 nitrogen and oxygen atoms in total. The van der Waals surface area contributed by atoms with Gasteiger partial charge < -0.3 is 29.6 Å². The molecule has 2 aromatic rings. The lowest BCUT2D eigenvalue weighted by Crippen LogP contribution is -2.55. The summed E-state index contributed by atoms with van der Waals surface area (Å²) in [6.07, 6.45) is 0.753. The monoisotopic (exact) mass is 511 g/mol. The molecule has 2 aromatic carbocycles. The van der Waals surface area contributed by atoms with Crippen molar-refractivity contribution in [3.8, 4) is 5.75 Å². The Labute approximate surface area is 215 Å². The third-order valence-corrected chi connectivity index (χ3v) is 6.84. The van der Waals surface area contributed by atoms with Gasteiger partial charge in [0.1, 0.15) is 36.1 Å². The molecule has 196 valence electrons. The van der Waals surface area contributed by atoms with Crippen LogP contribution >= 0.6 is 0 Å². The number of ether oxygens (including phenoxy) is 2. The normalized spacial score (nSPS) is 20.4. The zero-order valence-electron chi connectivity index (χ0n) is 21.0. The van der Waals surface area contributed by atoms with E-state index in [0.717, 1.165) is 23.6 Å². The van der Waals surface area contributed by atoms with Crippen LogP contribution in [0, 0.1) is 5.82 Å². The number of morpholine rings is 1. The van der Waals surface area contributed by atoms with Crippen molar-refractivity contribution >= 4 is 25.9 Å². The summed E-state index contributed by atoms with van der Waals surface area (Å²) in [5.74, 6) is -1.26. The van der Waals surface area contributed by atoms with Gasteiger partial charge in [0, 0.05) is 44.2 Å². The van der Waals surface area contributed by atoms with Crippen LogP contribution in [0.25, 0.3) is 0 Å². The molecule has 0 aromatic heterocycles. The molecular formula is C26H31BFN3O6. The van der Waals surface area contributed by atoms with E-state index in [1.54, 1.807) is 30.3 Å². The van der Waals surface area contributed by atoms with Crippen molar-refractivity contribution in [1.82, 2.24) is 15.1 Å². The minimum atomic E-state index is -1.89. The van der Waals surface area contributed by atoms with Crippen LogP contribution in [0.5, 0.6) is 5.75 Å². The van der Waals surface area contributed by atoms with Crippen LogP contribution in [0.4, 0.5) is 4.39 Å². The average Bonchev–Trinajstić information content (AvgIpc) is 3.10. The Bertz CT molecular complexity index is 1170. The Hall–Kier alpha value is -3.28. The Morgan fingerprint density at radius 2 is 2.08 bits per heavy atom. The van der Waals surface area contributed by atoms with Gasteiger partial charge in [-0.1, -0.05) is 12.1 Å². The van der Waals surface area contributed by atoms with Gasteiger partial charge in [-0.3, -0.25) is 14.5 Å². The van der Waals surface area contributed by atoms with Gasteiger partial charge in [-0.2, -0.15) is 0 Å². The van der Waals surface area contributed by atoms with Gasteiger partial charge in [0.05, 0.1) is 18.8 Å². The highest BCUT2D eigenvalue weighted by Crippen LogP contribution is 2.42. The Morgan fingerprint density at radius 1 is 1.32 bits per heavy atom. The van der Waals surface area contributed by atoms with E-state index in [4.69, 9.17) is 9.47 Å². The first-order valence-corrected chi connectivity index (χ1v) is 12.3. The number of carbonyl (C=O) groups is 3. The molecule has 2 aliphatic heterocycles. The van der Waals surface area contributed by atoms with Gasteiger partial charge in [-0.05, 0) is 36.2 Å². The lowest BCUT2D eigenvalue weighted by Gasteiger charge is -2.37. The Balaban J connectivity index is 1.57. The first kappa shape index (κ1) is 26.8. The fraction of sp³-hybridized carbons (Fsp3) is 0.423. The second-order valence-corrected chi connectivity index (χ2v) is 9.35. The van der Waals surface area contributed by atoms with Crippen molar-refractivity contribution < 1.29 is 33.4 Å². The summed E-state index contributed by atoms with van der Waals surface area (Å²) >= 11 is 0. The van der Waals surface area contributed by atoms with Gasteiger partial charge in [-0.15, -0.1) is 0 Å². The Kier molecular flexibility index (Phi) is 8.26. The fourth-order valence-corrected chi connectivity index (χ4v) is 4.99. The van der Waals surface area contributed by atoms with Gasteiger partial charge in [-0.25, -0.2) is 4.39 Å². The summed E-state index contributed by atoms with van der Waals surface area (Å²) in [6.45, 7) is 3.50. The molecule has 0 spiro atoms. The van der Waals surface area contributed by atoms with E-state index in [1.165, 1.54) is 21.0 Å². The van der Waals surface area contributed by atoms with E-state index < -0.39 is 29.3 Å². The molecular weight excluding hydrogens is 480 g/mol. The number of rotatable bonds is 10. The van der Waals surface area contributed by atoms with Crippen molar-refractivity contribution in [2.45, 2.75) is 37.7 Å². The average molecular weight is 511 g/mol. The highest BCUT2D eigenvalue weighted by Gasteiger charge is 2.51. The molecule has 2 unspecified atom stereocenters. The van der Waals surface area contributed by atoms with Gasteiger partial charge in [0.25, 0.3) is 5.91 Å². The largest absolute Gasteiger partial charge is 0.488 e. The summed E-state index contributed by atoms with van der Waals surface area (Å²) < 4.78 is 26.0. The zero-order chi connectivity index (χ0) is 26.6. The Morgan fingerprint density at radius 3 is 2.78 bits per heavy atom. The summed E-state index contributed by atoms with van der Waals surface area (Å²) in [5, 5.41) is 14.0. The minimum Gasteiger partial charge on any atom is -0.488 e. The number of aliphatic hydroxyl groups is 1. The van der Waals surface area contributed by atoms with Gasteiger partial charge in [0.2, 0.25) is 5.91 Å². The van der Waals surface area contributed by atoms with Gasteiger partial charge >= 0.3 is 0 Å². The first-order valence-electron chi connectivity index (χ1n) is 12.3. The van der Waals surface area contributed by atoms with Crippen LogP contribution < -0.4 is 10.1 Å². The summed E-state index contributed by atoms with van der Waals surface area (Å²) in [4.78, 5) is 40.2. The van der Waals surface area contributed by atoms with Crippen molar-refractivity contribution in [2.75, 3.05) is 33.4 Å². The quantitative estimate of drug-likeness (QED) is 0.354. The molecule has 2 N–H and O–H groups in total. The maximum absolute atomic E-state index is 14.7. The maximum Gasteiger partial charge on any atom is 0.257 e. The molecule has 2 aliphatic rings. The van der Waals surface area contributed by atoms with E-state index in [2.05, 4.69) is 10.2 Å². The molecule has 1 saturated heterocycles. The van der Waals surface area contributed by atoms with Crippen LogP contribution in [0.15, 0.2) is 36.4 Å². The van der Waals surface area contributed by atoms with Crippen molar-refractivity contribution in [1.29, 1.82) is 0 Å². The smallest absolute Gasteiger partial charge is 0.257 e. The van der Waals surface area contributed by atoms with E-state index in [1.807, 2.05) is 0 Å². The molecule has 2 amide bonds. The standard InChI is InChI=1S/C26H31BFN3O6/c1-29-24(33)21(5-3-11-32)31-25(34)19-4-2-6-22(23(19)26(31,27)35)37-16-18-14-17(7-8-20(18)28)15-30-9-12-36-13-10-30/h2,4,6-8,11,14,21,35H,3,5,9-10,12-13,15-16,27H2,1H3,(H,29,33). The lowest BCUT2D eigenvalue weighted by atomic mass is 9.82.